The molecule has 30 heavy (non-hydrogen) atoms. The third kappa shape index (κ3) is 4.41. The number of benzene rings is 2. The zero-order valence-corrected chi connectivity index (χ0v) is 17.2. The van der Waals surface area contributed by atoms with Crippen molar-refractivity contribution in [1.82, 2.24) is 15.5 Å². The molecule has 0 saturated carbocycles. The average Bonchev–Trinajstić information content (AvgIpc) is 3.26. The van der Waals surface area contributed by atoms with Crippen molar-refractivity contribution < 1.29 is 13.9 Å². The van der Waals surface area contributed by atoms with Crippen LogP contribution in [0.2, 0.25) is 5.02 Å². The van der Waals surface area contributed by atoms with Gasteiger partial charge in [0.25, 0.3) is 5.91 Å². The number of hydrogen-bond donors (Lipinski definition) is 2. The number of aromatic amines is 1. The van der Waals surface area contributed by atoms with Crippen LogP contribution in [0.15, 0.2) is 48.5 Å². The molecule has 2 heterocycles. The van der Waals surface area contributed by atoms with Gasteiger partial charge in [0, 0.05) is 30.2 Å². The van der Waals surface area contributed by atoms with Crippen LogP contribution in [-0.4, -0.2) is 42.3 Å². The number of piperidine rings is 1. The first-order valence-electron chi connectivity index (χ1n) is 9.74. The van der Waals surface area contributed by atoms with Crippen molar-refractivity contribution in [2.24, 2.45) is 0 Å². The van der Waals surface area contributed by atoms with Crippen molar-refractivity contribution in [3.8, 4) is 17.0 Å². The van der Waals surface area contributed by atoms with Crippen molar-refractivity contribution in [3.05, 3.63) is 64.9 Å². The molecule has 4 rings (SSSR count). The highest BCUT2D eigenvalue weighted by atomic mass is 35.5. The molecule has 0 aliphatic carbocycles. The fraction of sp³-hybridized carbons (Fsp3) is 0.273. The molecule has 6 nitrogen and oxygen atoms in total. The zero-order valence-electron chi connectivity index (χ0n) is 16.5. The van der Waals surface area contributed by atoms with Gasteiger partial charge in [-0.3, -0.25) is 9.89 Å². The molecule has 1 fully saturated rings. The summed E-state index contributed by atoms with van der Waals surface area (Å²) >= 11 is 5.90. The summed E-state index contributed by atoms with van der Waals surface area (Å²) in [6.07, 6.45) is 1.72. The van der Waals surface area contributed by atoms with Gasteiger partial charge in [0.2, 0.25) is 0 Å². The lowest BCUT2D eigenvalue weighted by Crippen LogP contribution is -2.48. The van der Waals surface area contributed by atoms with Crippen LogP contribution in [0.1, 0.15) is 23.2 Å². The molecule has 2 N–H and O–H groups in total. The smallest absolute Gasteiger partial charge is 0.254 e. The quantitative estimate of drug-likeness (QED) is 0.636. The van der Waals surface area contributed by atoms with Gasteiger partial charge in [-0.15, -0.1) is 0 Å². The Labute approximate surface area is 179 Å². The van der Waals surface area contributed by atoms with E-state index in [4.69, 9.17) is 16.3 Å². The number of amides is 1. The van der Waals surface area contributed by atoms with E-state index in [1.54, 1.807) is 7.11 Å². The van der Waals surface area contributed by atoms with Gasteiger partial charge in [0.15, 0.2) is 5.82 Å². The number of nitrogens with one attached hydrogen (secondary N) is 2. The Kier molecular flexibility index (Phi) is 5.90. The van der Waals surface area contributed by atoms with Crippen LogP contribution in [0.5, 0.6) is 5.75 Å². The summed E-state index contributed by atoms with van der Waals surface area (Å²) in [5.41, 5.74) is 1.87. The van der Waals surface area contributed by atoms with E-state index in [0.29, 0.717) is 11.6 Å². The number of aromatic nitrogens is 2. The van der Waals surface area contributed by atoms with E-state index in [0.717, 1.165) is 42.2 Å². The summed E-state index contributed by atoms with van der Waals surface area (Å²) in [7, 11) is 1.63. The van der Waals surface area contributed by atoms with Crippen LogP contribution in [0, 0.1) is 5.82 Å². The fourth-order valence-corrected chi connectivity index (χ4v) is 3.80. The number of nitrogens with zero attached hydrogens (tertiary/aromatic N) is 2. The Morgan fingerprint density at radius 3 is 2.83 bits per heavy atom. The second kappa shape index (κ2) is 8.75. The van der Waals surface area contributed by atoms with E-state index in [1.807, 2.05) is 30.3 Å². The Morgan fingerprint density at radius 1 is 1.27 bits per heavy atom. The number of methoxy groups -OCH3 is 1. The maximum Gasteiger partial charge on any atom is 0.254 e. The van der Waals surface area contributed by atoms with Crippen molar-refractivity contribution in [2.45, 2.75) is 18.9 Å². The molecule has 1 amide bonds. The summed E-state index contributed by atoms with van der Waals surface area (Å²) in [5, 5.41) is 10.8. The molecular formula is C22H22ClFN4O2. The second-order valence-electron chi connectivity index (χ2n) is 7.25. The normalized spacial score (nSPS) is 16.4. The minimum Gasteiger partial charge on any atom is -0.497 e. The topological polar surface area (TPSA) is 70.2 Å². The number of ether oxygens (including phenoxy) is 1. The first-order valence-corrected chi connectivity index (χ1v) is 10.1. The Bertz CT molecular complexity index is 1040. The lowest BCUT2D eigenvalue weighted by atomic mass is 10.0. The number of carbonyl (C=O) groups excluding carboxylic acids is 1. The first-order chi connectivity index (χ1) is 14.5. The van der Waals surface area contributed by atoms with Gasteiger partial charge in [-0.05, 0) is 60.9 Å². The van der Waals surface area contributed by atoms with Gasteiger partial charge >= 0.3 is 0 Å². The van der Waals surface area contributed by atoms with Crippen molar-refractivity contribution >= 4 is 23.3 Å². The van der Waals surface area contributed by atoms with E-state index in [1.165, 1.54) is 18.2 Å². The van der Waals surface area contributed by atoms with E-state index in [9.17, 15) is 9.18 Å². The molecule has 2 aromatic carbocycles. The molecule has 8 heteroatoms. The number of anilines is 1. The number of rotatable bonds is 5. The molecule has 0 spiro atoms. The van der Waals surface area contributed by atoms with Crippen LogP contribution in [0.4, 0.5) is 10.2 Å². The van der Waals surface area contributed by atoms with Gasteiger partial charge in [-0.2, -0.15) is 5.10 Å². The van der Waals surface area contributed by atoms with E-state index < -0.39 is 11.7 Å². The summed E-state index contributed by atoms with van der Waals surface area (Å²) in [6, 6.07) is 13.6. The molecule has 1 saturated heterocycles. The third-order valence-electron chi connectivity index (χ3n) is 5.22. The molecule has 1 atom stereocenters. The van der Waals surface area contributed by atoms with Gasteiger partial charge < -0.3 is 15.0 Å². The lowest BCUT2D eigenvalue weighted by Gasteiger charge is -2.33. The van der Waals surface area contributed by atoms with Crippen LogP contribution in [0.25, 0.3) is 11.3 Å². The van der Waals surface area contributed by atoms with Crippen molar-refractivity contribution in [3.63, 3.8) is 0 Å². The standard InChI is InChI=1S/C22H22ClFN4O2/c1-30-17-7-4-14(5-8-17)20-12-21(27-26-20)28-10-2-3-16(13-28)25-22(29)18-11-15(23)6-9-19(18)24/h4-9,11-12,16H,2-3,10,13H2,1H3,(H,25,29)(H,26,27). The minimum atomic E-state index is -0.582. The molecule has 3 aromatic rings. The summed E-state index contributed by atoms with van der Waals surface area (Å²) < 4.78 is 19.2. The summed E-state index contributed by atoms with van der Waals surface area (Å²) in [4.78, 5) is 14.6. The number of halogens is 2. The molecule has 0 bridgehead atoms. The van der Waals surface area contributed by atoms with E-state index in [-0.39, 0.29) is 11.6 Å². The van der Waals surface area contributed by atoms with Crippen molar-refractivity contribution in [2.75, 3.05) is 25.1 Å². The minimum absolute atomic E-state index is 0.0406. The van der Waals surface area contributed by atoms with Gasteiger partial charge in [-0.25, -0.2) is 4.39 Å². The highest BCUT2D eigenvalue weighted by Gasteiger charge is 2.24. The zero-order chi connectivity index (χ0) is 21.1. The third-order valence-corrected chi connectivity index (χ3v) is 5.45. The monoisotopic (exact) mass is 428 g/mol. The average molecular weight is 429 g/mol. The number of hydrogen-bond acceptors (Lipinski definition) is 4. The molecule has 1 aliphatic rings. The Hall–Kier alpha value is -3.06. The lowest BCUT2D eigenvalue weighted by molar-refractivity contribution is 0.0929. The van der Waals surface area contributed by atoms with Crippen LogP contribution >= 0.6 is 11.6 Å². The fourth-order valence-electron chi connectivity index (χ4n) is 3.63. The summed E-state index contributed by atoms with van der Waals surface area (Å²) in [6.45, 7) is 1.44. The largest absolute Gasteiger partial charge is 0.497 e. The van der Waals surface area contributed by atoms with Crippen LogP contribution in [0.3, 0.4) is 0 Å². The molecule has 156 valence electrons. The van der Waals surface area contributed by atoms with Crippen molar-refractivity contribution in [1.29, 1.82) is 0 Å². The molecule has 1 unspecified atom stereocenters. The number of carbonyl (C=O) groups is 1. The Balaban J connectivity index is 1.43. The Morgan fingerprint density at radius 2 is 2.07 bits per heavy atom. The van der Waals surface area contributed by atoms with E-state index >= 15 is 0 Å². The predicted molar refractivity (Wildman–Crippen MR) is 115 cm³/mol. The highest BCUT2D eigenvalue weighted by Crippen LogP contribution is 2.26. The maximum absolute atomic E-state index is 14.0. The van der Waals surface area contributed by atoms with Crippen LogP contribution in [-0.2, 0) is 0 Å². The first kappa shape index (κ1) is 20.2. The van der Waals surface area contributed by atoms with Gasteiger partial charge in [0.05, 0.1) is 18.4 Å². The SMILES string of the molecule is COc1ccc(-c2cc(N3CCCC(NC(=O)c4cc(Cl)ccc4F)C3)n[nH]2)cc1. The predicted octanol–water partition coefficient (Wildman–Crippen LogP) is 4.28. The summed E-state index contributed by atoms with van der Waals surface area (Å²) in [5.74, 6) is 0.571. The maximum atomic E-state index is 14.0. The van der Waals surface area contributed by atoms with Crippen LogP contribution < -0.4 is 15.0 Å². The second-order valence-corrected chi connectivity index (χ2v) is 7.69. The number of H-pyrrole nitrogens is 1. The molecule has 0 radical (unpaired) electrons. The van der Waals surface area contributed by atoms with Gasteiger partial charge in [-0.1, -0.05) is 11.6 Å². The molecule has 1 aliphatic heterocycles. The molecule has 1 aromatic heterocycles. The van der Waals surface area contributed by atoms with Gasteiger partial charge in [0.1, 0.15) is 11.6 Å². The van der Waals surface area contributed by atoms with E-state index in [2.05, 4.69) is 20.4 Å². The highest BCUT2D eigenvalue weighted by molar-refractivity contribution is 6.31. The molecular weight excluding hydrogens is 407 g/mol.